The molecule has 6 nitrogen and oxygen atoms in total. The highest BCUT2D eigenvalue weighted by atomic mass is 35.5. The molecule has 2 aromatic heterocycles. The van der Waals surface area contributed by atoms with Gasteiger partial charge in [-0.05, 0) is 38.3 Å². The van der Waals surface area contributed by atoms with Crippen LogP contribution in [0, 0.1) is 0 Å². The Morgan fingerprint density at radius 2 is 2.25 bits per heavy atom. The van der Waals surface area contributed by atoms with E-state index in [4.69, 9.17) is 15.0 Å². The average Bonchev–Trinajstić information content (AvgIpc) is 2.87. The molecule has 0 atom stereocenters. The molecule has 2 aromatic rings. The molecule has 2 N–H and O–H groups in total. The summed E-state index contributed by atoms with van der Waals surface area (Å²) in [7, 11) is 0. The average molecular weight is 297 g/mol. The molecule has 0 unspecified atom stereocenters. The van der Waals surface area contributed by atoms with Gasteiger partial charge in [0.05, 0.1) is 12.1 Å². The summed E-state index contributed by atoms with van der Waals surface area (Å²) in [6, 6.07) is 3.66. The largest absolute Gasteiger partial charge is 0.477 e. The lowest BCUT2D eigenvalue weighted by atomic mass is 9.77. The number of hydrogen-bond acceptors (Lipinski definition) is 6. The van der Waals surface area contributed by atoms with Crippen molar-refractivity contribution in [3.8, 4) is 17.3 Å². The third-order valence-electron chi connectivity index (χ3n) is 3.40. The second-order valence-electron chi connectivity index (χ2n) is 4.72. The summed E-state index contributed by atoms with van der Waals surface area (Å²) >= 11 is 0. The van der Waals surface area contributed by atoms with Gasteiger partial charge in [0.15, 0.2) is 5.82 Å². The van der Waals surface area contributed by atoms with Gasteiger partial charge in [-0.1, -0.05) is 5.16 Å². The third-order valence-corrected chi connectivity index (χ3v) is 3.40. The number of aromatic nitrogens is 3. The molecule has 2 heterocycles. The zero-order valence-electron chi connectivity index (χ0n) is 11.2. The van der Waals surface area contributed by atoms with Crippen LogP contribution < -0.4 is 10.5 Å². The predicted octanol–water partition coefficient (Wildman–Crippen LogP) is 2.29. The van der Waals surface area contributed by atoms with Crippen molar-refractivity contribution in [1.29, 1.82) is 0 Å². The maximum atomic E-state index is 6.18. The Balaban J connectivity index is 0.00000147. The van der Waals surface area contributed by atoms with Crippen molar-refractivity contribution in [2.24, 2.45) is 5.73 Å². The normalized spacial score (nSPS) is 16.1. The van der Waals surface area contributed by atoms with Crippen molar-refractivity contribution in [2.45, 2.75) is 31.7 Å². The molecule has 0 spiro atoms. The molecule has 1 aliphatic carbocycles. The Bertz CT molecular complexity index is 583. The fourth-order valence-electron chi connectivity index (χ4n) is 2.12. The van der Waals surface area contributed by atoms with Crippen molar-refractivity contribution in [1.82, 2.24) is 15.1 Å². The van der Waals surface area contributed by atoms with Crippen LogP contribution in [0.5, 0.6) is 5.88 Å². The van der Waals surface area contributed by atoms with Crippen LogP contribution in [0.4, 0.5) is 0 Å². The van der Waals surface area contributed by atoms with Gasteiger partial charge < -0.3 is 15.0 Å². The molecule has 20 heavy (non-hydrogen) atoms. The van der Waals surface area contributed by atoms with Gasteiger partial charge in [0, 0.05) is 6.20 Å². The first-order valence-corrected chi connectivity index (χ1v) is 6.44. The van der Waals surface area contributed by atoms with Crippen LogP contribution in [-0.2, 0) is 5.54 Å². The topological polar surface area (TPSA) is 87.1 Å². The summed E-state index contributed by atoms with van der Waals surface area (Å²) in [4.78, 5) is 8.56. The van der Waals surface area contributed by atoms with Crippen molar-refractivity contribution in [2.75, 3.05) is 6.61 Å². The monoisotopic (exact) mass is 296 g/mol. The minimum Gasteiger partial charge on any atom is -0.477 e. The van der Waals surface area contributed by atoms with E-state index in [2.05, 4.69) is 15.1 Å². The smallest absolute Gasteiger partial charge is 0.263 e. The summed E-state index contributed by atoms with van der Waals surface area (Å²) < 4.78 is 10.8. The van der Waals surface area contributed by atoms with E-state index in [1.54, 1.807) is 6.20 Å². The molecule has 0 saturated heterocycles. The number of ether oxygens (including phenoxy) is 1. The first kappa shape index (κ1) is 14.7. The minimum absolute atomic E-state index is 0. The van der Waals surface area contributed by atoms with Gasteiger partial charge in [-0.15, -0.1) is 12.4 Å². The number of pyridine rings is 1. The Morgan fingerprint density at radius 3 is 2.90 bits per heavy atom. The van der Waals surface area contributed by atoms with Gasteiger partial charge >= 0.3 is 0 Å². The van der Waals surface area contributed by atoms with Gasteiger partial charge in [0.2, 0.25) is 5.88 Å². The van der Waals surface area contributed by atoms with Gasteiger partial charge in [0.1, 0.15) is 5.56 Å². The summed E-state index contributed by atoms with van der Waals surface area (Å²) in [6.07, 6.45) is 4.58. The summed E-state index contributed by atoms with van der Waals surface area (Å²) in [5.41, 5.74) is 6.46. The highest BCUT2D eigenvalue weighted by Crippen LogP contribution is 2.38. The summed E-state index contributed by atoms with van der Waals surface area (Å²) in [6.45, 7) is 2.44. The zero-order chi connectivity index (χ0) is 13.3. The van der Waals surface area contributed by atoms with Crippen molar-refractivity contribution in [3.63, 3.8) is 0 Å². The van der Waals surface area contributed by atoms with E-state index in [0.29, 0.717) is 29.8 Å². The Hall–Kier alpha value is -1.66. The molecule has 3 rings (SSSR count). The minimum atomic E-state index is -0.421. The molecule has 0 amide bonds. The van der Waals surface area contributed by atoms with E-state index < -0.39 is 5.54 Å². The van der Waals surface area contributed by atoms with Crippen molar-refractivity contribution in [3.05, 3.63) is 24.2 Å². The van der Waals surface area contributed by atoms with E-state index in [1.807, 2.05) is 19.1 Å². The molecule has 7 heteroatoms. The van der Waals surface area contributed by atoms with E-state index in [1.165, 1.54) is 0 Å². The Labute approximate surface area is 123 Å². The maximum Gasteiger partial charge on any atom is 0.263 e. The fourth-order valence-corrected chi connectivity index (χ4v) is 2.12. The van der Waals surface area contributed by atoms with Crippen LogP contribution in [-0.4, -0.2) is 21.7 Å². The van der Waals surface area contributed by atoms with E-state index in [-0.39, 0.29) is 12.4 Å². The van der Waals surface area contributed by atoms with E-state index in [9.17, 15) is 0 Å². The van der Waals surface area contributed by atoms with Crippen LogP contribution in [0.3, 0.4) is 0 Å². The molecule has 0 bridgehead atoms. The van der Waals surface area contributed by atoms with Crippen LogP contribution in [0.2, 0.25) is 0 Å². The summed E-state index contributed by atoms with van der Waals surface area (Å²) in [5.74, 6) is 1.48. The summed E-state index contributed by atoms with van der Waals surface area (Å²) in [5, 5.41) is 3.99. The molecule has 0 aromatic carbocycles. The van der Waals surface area contributed by atoms with Gasteiger partial charge in [0.25, 0.3) is 5.89 Å². The zero-order valence-corrected chi connectivity index (χ0v) is 12.0. The number of hydrogen-bond donors (Lipinski definition) is 1. The molecule has 108 valence electrons. The lowest BCUT2D eigenvalue weighted by Gasteiger charge is -2.34. The highest BCUT2D eigenvalue weighted by molar-refractivity contribution is 5.85. The number of halogens is 1. The first-order chi connectivity index (χ1) is 9.23. The standard InChI is InChI=1S/C13H16N4O2.ClH/c1-2-18-10-9(5-3-8-15-10)11-16-12(17-19-11)13(14)6-4-7-13;/h3,5,8H,2,4,6-7,14H2,1H3;1H. The maximum absolute atomic E-state index is 6.18. The Morgan fingerprint density at radius 1 is 1.45 bits per heavy atom. The number of nitrogens with zero attached hydrogens (tertiary/aromatic N) is 3. The quantitative estimate of drug-likeness (QED) is 0.931. The molecular weight excluding hydrogens is 280 g/mol. The van der Waals surface area contributed by atoms with Crippen molar-refractivity contribution < 1.29 is 9.26 Å². The van der Waals surface area contributed by atoms with Gasteiger partial charge in [-0.2, -0.15) is 4.98 Å². The van der Waals surface area contributed by atoms with Gasteiger partial charge in [-0.25, -0.2) is 4.98 Å². The molecule has 1 aliphatic rings. The first-order valence-electron chi connectivity index (χ1n) is 6.44. The molecule has 0 radical (unpaired) electrons. The molecule has 1 saturated carbocycles. The van der Waals surface area contributed by atoms with Crippen LogP contribution in [0.25, 0.3) is 11.5 Å². The Kier molecular flexibility index (Phi) is 4.25. The van der Waals surface area contributed by atoms with Crippen molar-refractivity contribution >= 4 is 12.4 Å². The second kappa shape index (κ2) is 5.76. The lowest BCUT2D eigenvalue weighted by molar-refractivity contribution is 0.229. The van der Waals surface area contributed by atoms with E-state index >= 15 is 0 Å². The highest BCUT2D eigenvalue weighted by Gasteiger charge is 2.39. The van der Waals surface area contributed by atoms with Gasteiger partial charge in [-0.3, -0.25) is 0 Å². The number of rotatable bonds is 4. The van der Waals surface area contributed by atoms with Crippen LogP contribution in [0.15, 0.2) is 22.9 Å². The van der Waals surface area contributed by atoms with Crippen LogP contribution >= 0.6 is 12.4 Å². The van der Waals surface area contributed by atoms with Crippen LogP contribution in [0.1, 0.15) is 32.0 Å². The molecular formula is C13H17ClN4O2. The predicted molar refractivity (Wildman–Crippen MR) is 75.7 cm³/mol. The lowest BCUT2D eigenvalue weighted by Crippen LogP contribution is -2.44. The SMILES string of the molecule is CCOc1ncccc1-c1nc(C2(N)CCC2)no1.Cl. The number of nitrogens with two attached hydrogens (primary N) is 1. The fraction of sp³-hybridized carbons (Fsp3) is 0.462. The second-order valence-corrected chi connectivity index (χ2v) is 4.72. The third kappa shape index (κ3) is 2.48. The van der Waals surface area contributed by atoms with E-state index in [0.717, 1.165) is 19.3 Å². The molecule has 1 fully saturated rings. The molecule has 0 aliphatic heterocycles.